The Morgan fingerprint density at radius 3 is 2.67 bits per heavy atom. The Balaban J connectivity index is 1.83. The van der Waals surface area contributed by atoms with Gasteiger partial charge in [-0.15, -0.1) is 0 Å². The van der Waals surface area contributed by atoms with Gasteiger partial charge in [0.25, 0.3) is 0 Å². The summed E-state index contributed by atoms with van der Waals surface area (Å²) >= 11 is 7.14. The molecular formula is C17H14ClN3O2S. The van der Waals surface area contributed by atoms with Crippen LogP contribution in [0.5, 0.6) is 5.75 Å². The number of anilines is 3. The highest BCUT2D eigenvalue weighted by Crippen LogP contribution is 2.30. The number of benzene rings is 2. The van der Waals surface area contributed by atoms with E-state index in [0.29, 0.717) is 20.6 Å². The van der Waals surface area contributed by atoms with Crippen molar-refractivity contribution < 1.29 is 9.53 Å². The minimum Gasteiger partial charge on any atom is -0.497 e. The molecule has 0 saturated carbocycles. The molecule has 5 nitrogen and oxygen atoms in total. The second-order valence-corrected chi connectivity index (χ2v) is 6.36. The Bertz CT molecular complexity index is 878. The van der Waals surface area contributed by atoms with E-state index >= 15 is 0 Å². The van der Waals surface area contributed by atoms with Crippen LogP contribution in [-0.4, -0.2) is 17.9 Å². The number of ketones is 1. The standard InChI is InChI=1S/C17H14ClN3O2S/c1-23-13-7-5-12(6-8-13)20-17-21-16(19)15(24-17)14(22)10-3-2-4-11(18)9-10/h2-9H,19H2,1H3,(H,20,21). The van der Waals surface area contributed by atoms with Crippen molar-refractivity contribution in [3.63, 3.8) is 0 Å². The lowest BCUT2D eigenvalue weighted by atomic mass is 10.1. The lowest BCUT2D eigenvalue weighted by Gasteiger charge is -2.03. The van der Waals surface area contributed by atoms with E-state index in [2.05, 4.69) is 10.3 Å². The maximum atomic E-state index is 12.6. The van der Waals surface area contributed by atoms with Crippen LogP contribution in [0, 0.1) is 0 Å². The lowest BCUT2D eigenvalue weighted by molar-refractivity contribution is 0.104. The summed E-state index contributed by atoms with van der Waals surface area (Å²) in [7, 11) is 1.61. The highest BCUT2D eigenvalue weighted by atomic mass is 35.5. The van der Waals surface area contributed by atoms with Gasteiger partial charge in [-0.05, 0) is 36.4 Å². The van der Waals surface area contributed by atoms with E-state index in [4.69, 9.17) is 22.1 Å². The number of carbonyl (C=O) groups excluding carboxylic acids is 1. The van der Waals surface area contributed by atoms with Gasteiger partial charge in [-0.3, -0.25) is 4.79 Å². The van der Waals surface area contributed by atoms with Gasteiger partial charge in [-0.1, -0.05) is 35.1 Å². The first kappa shape index (κ1) is 16.3. The third kappa shape index (κ3) is 3.50. The minimum atomic E-state index is -0.199. The number of hydrogen-bond donors (Lipinski definition) is 2. The topological polar surface area (TPSA) is 77.2 Å². The van der Waals surface area contributed by atoms with Crippen molar-refractivity contribution in [2.75, 3.05) is 18.2 Å². The van der Waals surface area contributed by atoms with Crippen LogP contribution in [0.25, 0.3) is 0 Å². The van der Waals surface area contributed by atoms with Gasteiger partial charge in [0.1, 0.15) is 16.4 Å². The number of rotatable bonds is 5. The molecule has 3 rings (SSSR count). The van der Waals surface area contributed by atoms with Crippen LogP contribution < -0.4 is 15.8 Å². The maximum Gasteiger partial charge on any atom is 0.206 e. The van der Waals surface area contributed by atoms with Crippen molar-refractivity contribution in [1.82, 2.24) is 4.98 Å². The third-order valence-electron chi connectivity index (χ3n) is 3.29. The third-order valence-corrected chi connectivity index (χ3v) is 4.51. The van der Waals surface area contributed by atoms with Crippen molar-refractivity contribution >= 4 is 45.4 Å². The molecule has 24 heavy (non-hydrogen) atoms. The zero-order valence-electron chi connectivity index (χ0n) is 12.7. The number of nitrogens with zero attached hydrogens (tertiary/aromatic N) is 1. The second-order valence-electron chi connectivity index (χ2n) is 4.93. The lowest BCUT2D eigenvalue weighted by Crippen LogP contribution is -2.02. The van der Waals surface area contributed by atoms with Crippen LogP contribution in [0.4, 0.5) is 16.6 Å². The Morgan fingerprint density at radius 2 is 2.00 bits per heavy atom. The van der Waals surface area contributed by atoms with E-state index in [1.54, 1.807) is 31.4 Å². The molecule has 0 aliphatic rings. The van der Waals surface area contributed by atoms with Crippen molar-refractivity contribution in [2.24, 2.45) is 0 Å². The van der Waals surface area contributed by atoms with Crippen LogP contribution >= 0.6 is 22.9 Å². The molecule has 0 fully saturated rings. The van der Waals surface area contributed by atoms with Crippen molar-refractivity contribution in [3.8, 4) is 5.75 Å². The number of nitrogens with two attached hydrogens (primary N) is 1. The van der Waals surface area contributed by atoms with Gasteiger partial charge in [0.15, 0.2) is 5.13 Å². The van der Waals surface area contributed by atoms with Gasteiger partial charge >= 0.3 is 0 Å². The number of halogens is 1. The molecule has 122 valence electrons. The molecule has 7 heteroatoms. The quantitative estimate of drug-likeness (QED) is 0.662. The van der Waals surface area contributed by atoms with E-state index in [0.717, 1.165) is 11.4 Å². The van der Waals surface area contributed by atoms with E-state index in [9.17, 15) is 4.79 Å². The van der Waals surface area contributed by atoms with Crippen molar-refractivity contribution in [3.05, 3.63) is 64.0 Å². The van der Waals surface area contributed by atoms with E-state index in [1.165, 1.54) is 11.3 Å². The average molecular weight is 360 g/mol. The van der Waals surface area contributed by atoms with Crippen LogP contribution in [0.3, 0.4) is 0 Å². The molecule has 1 heterocycles. The molecule has 0 spiro atoms. The molecule has 1 aromatic heterocycles. The first-order valence-electron chi connectivity index (χ1n) is 7.04. The Morgan fingerprint density at radius 1 is 1.25 bits per heavy atom. The number of ether oxygens (including phenoxy) is 1. The average Bonchev–Trinajstić information content (AvgIpc) is 2.95. The fourth-order valence-corrected chi connectivity index (χ4v) is 3.16. The molecular weight excluding hydrogens is 346 g/mol. The Labute approximate surface area is 148 Å². The van der Waals surface area contributed by atoms with Crippen LogP contribution in [0.1, 0.15) is 15.2 Å². The predicted molar refractivity (Wildman–Crippen MR) is 97.7 cm³/mol. The molecule has 3 N–H and O–H groups in total. The first-order chi connectivity index (χ1) is 11.6. The number of aromatic nitrogens is 1. The zero-order chi connectivity index (χ0) is 17.1. The highest BCUT2D eigenvalue weighted by Gasteiger charge is 2.18. The number of nitrogens with one attached hydrogen (secondary N) is 1. The summed E-state index contributed by atoms with van der Waals surface area (Å²) in [6.07, 6.45) is 0. The molecule has 0 radical (unpaired) electrons. The van der Waals surface area contributed by atoms with Crippen LogP contribution in [0.15, 0.2) is 48.5 Å². The Kier molecular flexibility index (Phi) is 4.69. The summed E-state index contributed by atoms with van der Waals surface area (Å²) in [4.78, 5) is 17.2. The largest absolute Gasteiger partial charge is 0.497 e. The Hall–Kier alpha value is -2.57. The van der Waals surface area contributed by atoms with Gasteiger partial charge < -0.3 is 15.8 Å². The maximum absolute atomic E-state index is 12.6. The molecule has 0 unspecified atom stereocenters. The van der Waals surface area contributed by atoms with Crippen LogP contribution in [0.2, 0.25) is 5.02 Å². The summed E-state index contributed by atoms with van der Waals surface area (Å²) in [5.74, 6) is 0.757. The second kappa shape index (κ2) is 6.90. The molecule has 0 aliphatic carbocycles. The molecule has 2 aromatic carbocycles. The van der Waals surface area contributed by atoms with Gasteiger partial charge in [0.2, 0.25) is 5.78 Å². The fraction of sp³-hybridized carbons (Fsp3) is 0.0588. The summed E-state index contributed by atoms with van der Waals surface area (Å²) in [5, 5.41) is 4.17. The van der Waals surface area contributed by atoms with Crippen LogP contribution in [-0.2, 0) is 0 Å². The van der Waals surface area contributed by atoms with Gasteiger partial charge in [-0.2, -0.15) is 0 Å². The zero-order valence-corrected chi connectivity index (χ0v) is 14.3. The number of methoxy groups -OCH3 is 1. The van der Waals surface area contributed by atoms with Gasteiger partial charge in [-0.25, -0.2) is 4.98 Å². The predicted octanol–water partition coefficient (Wildman–Crippen LogP) is 4.36. The molecule has 0 atom stereocenters. The number of thiazole rings is 1. The van der Waals surface area contributed by atoms with E-state index in [-0.39, 0.29) is 11.6 Å². The molecule has 0 saturated heterocycles. The number of nitrogen functional groups attached to an aromatic ring is 1. The molecule has 0 aliphatic heterocycles. The molecule has 3 aromatic rings. The smallest absolute Gasteiger partial charge is 0.206 e. The van der Waals surface area contributed by atoms with Crippen molar-refractivity contribution in [1.29, 1.82) is 0 Å². The highest BCUT2D eigenvalue weighted by molar-refractivity contribution is 7.18. The monoisotopic (exact) mass is 359 g/mol. The first-order valence-corrected chi connectivity index (χ1v) is 8.24. The summed E-state index contributed by atoms with van der Waals surface area (Å²) in [6.45, 7) is 0. The number of carbonyl (C=O) groups is 1. The van der Waals surface area contributed by atoms with Gasteiger partial charge in [0, 0.05) is 16.3 Å². The summed E-state index contributed by atoms with van der Waals surface area (Å²) in [6, 6.07) is 14.1. The normalized spacial score (nSPS) is 10.4. The van der Waals surface area contributed by atoms with E-state index < -0.39 is 0 Å². The van der Waals surface area contributed by atoms with Crippen molar-refractivity contribution in [2.45, 2.75) is 0 Å². The molecule has 0 bridgehead atoms. The number of hydrogen-bond acceptors (Lipinski definition) is 6. The summed E-state index contributed by atoms with van der Waals surface area (Å²) < 4.78 is 5.12. The SMILES string of the molecule is COc1ccc(Nc2nc(N)c(C(=O)c3cccc(Cl)c3)s2)cc1. The minimum absolute atomic E-state index is 0.195. The molecule has 0 amide bonds. The van der Waals surface area contributed by atoms with E-state index in [1.807, 2.05) is 24.3 Å². The fourth-order valence-electron chi connectivity index (χ4n) is 2.11. The van der Waals surface area contributed by atoms with Gasteiger partial charge in [0.05, 0.1) is 7.11 Å². The summed E-state index contributed by atoms with van der Waals surface area (Å²) in [5.41, 5.74) is 7.21.